The lowest BCUT2D eigenvalue weighted by molar-refractivity contribution is -0.0761. The average Bonchev–Trinajstić information content (AvgIpc) is 2.58. The van der Waals surface area contributed by atoms with E-state index in [2.05, 4.69) is 63.3 Å². The van der Waals surface area contributed by atoms with E-state index in [4.69, 9.17) is 4.74 Å². The third-order valence-corrected chi connectivity index (χ3v) is 5.60. The molecule has 1 aromatic carbocycles. The largest absolute Gasteiger partial charge is 0.378 e. The molecule has 1 heterocycles. The summed E-state index contributed by atoms with van der Waals surface area (Å²) in [5, 5.41) is 3.66. The molecule has 2 rings (SSSR count). The van der Waals surface area contributed by atoms with Gasteiger partial charge in [0.2, 0.25) is 0 Å². The molecule has 2 atom stereocenters. The normalized spacial score (nSPS) is 24.7. The van der Waals surface area contributed by atoms with Gasteiger partial charge < -0.3 is 10.1 Å². The number of benzene rings is 1. The van der Waals surface area contributed by atoms with Crippen molar-refractivity contribution in [2.75, 3.05) is 13.2 Å². The topological polar surface area (TPSA) is 21.3 Å². The second-order valence-corrected chi connectivity index (χ2v) is 8.45. The van der Waals surface area contributed by atoms with E-state index in [1.165, 1.54) is 37.7 Å². The van der Waals surface area contributed by atoms with Crippen molar-refractivity contribution in [1.29, 1.82) is 0 Å². The van der Waals surface area contributed by atoms with Gasteiger partial charge in [-0.15, -0.1) is 0 Å². The second kappa shape index (κ2) is 9.58. The van der Waals surface area contributed by atoms with Crippen molar-refractivity contribution in [3.63, 3.8) is 0 Å². The van der Waals surface area contributed by atoms with E-state index in [9.17, 15) is 0 Å². The minimum Gasteiger partial charge on any atom is -0.378 e. The first-order chi connectivity index (χ1) is 11.5. The summed E-state index contributed by atoms with van der Waals surface area (Å²) in [4.78, 5) is 0. The summed E-state index contributed by atoms with van der Waals surface area (Å²) in [6, 6.07) is 10.7. The standard InChI is InChI=1S/C22H37NO/c1-18(2)10-11-22(13-15-24-21(16-22)19(3)4)12-14-23-17-20-8-6-5-7-9-20/h5-9,18-19,21,23H,10-17H2,1-4H3. The Bertz CT molecular complexity index is 456. The summed E-state index contributed by atoms with van der Waals surface area (Å²) in [7, 11) is 0. The Labute approximate surface area is 149 Å². The average molecular weight is 332 g/mol. The zero-order valence-electron chi connectivity index (χ0n) is 16.2. The molecule has 1 fully saturated rings. The molecule has 0 amide bonds. The van der Waals surface area contributed by atoms with Crippen molar-refractivity contribution in [2.24, 2.45) is 17.3 Å². The van der Waals surface area contributed by atoms with E-state index >= 15 is 0 Å². The molecule has 1 saturated heterocycles. The molecule has 1 aliphatic rings. The summed E-state index contributed by atoms with van der Waals surface area (Å²) in [6.07, 6.45) is 6.88. The molecule has 2 nitrogen and oxygen atoms in total. The fourth-order valence-electron chi connectivity index (χ4n) is 3.80. The van der Waals surface area contributed by atoms with Gasteiger partial charge in [-0.05, 0) is 55.0 Å². The predicted octanol–water partition coefficient (Wildman–Crippen LogP) is 5.42. The third kappa shape index (κ3) is 6.22. The monoisotopic (exact) mass is 331 g/mol. The van der Waals surface area contributed by atoms with Crippen LogP contribution in [0.5, 0.6) is 0 Å². The number of nitrogens with one attached hydrogen (secondary N) is 1. The van der Waals surface area contributed by atoms with Gasteiger partial charge in [0.25, 0.3) is 0 Å². The van der Waals surface area contributed by atoms with E-state index in [1.54, 1.807) is 0 Å². The van der Waals surface area contributed by atoms with Crippen LogP contribution in [0.4, 0.5) is 0 Å². The highest BCUT2D eigenvalue weighted by molar-refractivity contribution is 5.14. The van der Waals surface area contributed by atoms with Crippen molar-refractivity contribution < 1.29 is 4.74 Å². The Morgan fingerprint density at radius 2 is 1.88 bits per heavy atom. The van der Waals surface area contributed by atoms with E-state index in [1.807, 2.05) is 0 Å². The molecule has 0 aliphatic carbocycles. The molecule has 1 N–H and O–H groups in total. The zero-order valence-corrected chi connectivity index (χ0v) is 16.2. The third-order valence-electron chi connectivity index (χ3n) is 5.60. The molecule has 2 unspecified atom stereocenters. The van der Waals surface area contributed by atoms with E-state index in [0.29, 0.717) is 17.4 Å². The van der Waals surface area contributed by atoms with Crippen LogP contribution in [0.1, 0.15) is 65.4 Å². The fraction of sp³-hybridized carbons (Fsp3) is 0.727. The maximum Gasteiger partial charge on any atom is 0.0603 e. The van der Waals surface area contributed by atoms with Crippen molar-refractivity contribution in [3.8, 4) is 0 Å². The molecule has 0 spiro atoms. The van der Waals surface area contributed by atoms with Crippen LogP contribution in [-0.2, 0) is 11.3 Å². The van der Waals surface area contributed by atoms with E-state index in [0.717, 1.165) is 25.6 Å². The molecule has 1 aromatic rings. The van der Waals surface area contributed by atoms with Crippen molar-refractivity contribution in [2.45, 2.75) is 72.4 Å². The van der Waals surface area contributed by atoms with Gasteiger partial charge in [0.05, 0.1) is 6.10 Å². The lowest BCUT2D eigenvalue weighted by atomic mass is 9.69. The molecule has 2 heteroatoms. The van der Waals surface area contributed by atoms with Crippen molar-refractivity contribution >= 4 is 0 Å². The van der Waals surface area contributed by atoms with Crippen LogP contribution in [0.15, 0.2) is 30.3 Å². The summed E-state index contributed by atoms with van der Waals surface area (Å²) in [5.74, 6) is 1.42. The number of ether oxygens (including phenoxy) is 1. The van der Waals surface area contributed by atoms with Gasteiger partial charge in [-0.3, -0.25) is 0 Å². The summed E-state index contributed by atoms with van der Waals surface area (Å²) < 4.78 is 6.06. The first kappa shape index (κ1) is 19.5. The Balaban J connectivity index is 1.88. The Morgan fingerprint density at radius 1 is 1.12 bits per heavy atom. The van der Waals surface area contributed by atoms with Crippen LogP contribution in [0, 0.1) is 17.3 Å². The van der Waals surface area contributed by atoms with Gasteiger partial charge >= 0.3 is 0 Å². The Kier molecular flexibility index (Phi) is 7.77. The SMILES string of the molecule is CC(C)CCC1(CCNCc2ccccc2)CCOC(C(C)C)C1. The quantitative estimate of drug-likeness (QED) is 0.610. The minimum absolute atomic E-state index is 0.444. The number of rotatable bonds is 9. The Hall–Kier alpha value is -0.860. The van der Waals surface area contributed by atoms with Crippen LogP contribution in [0.2, 0.25) is 0 Å². The number of hydrogen-bond acceptors (Lipinski definition) is 2. The summed E-state index contributed by atoms with van der Waals surface area (Å²) in [5.41, 5.74) is 1.85. The Morgan fingerprint density at radius 3 is 2.54 bits per heavy atom. The molecule has 0 radical (unpaired) electrons. The molecular weight excluding hydrogens is 294 g/mol. The van der Waals surface area contributed by atoms with E-state index < -0.39 is 0 Å². The molecule has 0 bridgehead atoms. The van der Waals surface area contributed by atoms with Gasteiger partial charge in [0.1, 0.15) is 0 Å². The highest BCUT2D eigenvalue weighted by atomic mass is 16.5. The summed E-state index contributed by atoms with van der Waals surface area (Å²) in [6.45, 7) is 12.3. The first-order valence-electron chi connectivity index (χ1n) is 9.87. The van der Waals surface area contributed by atoms with Gasteiger partial charge in [-0.2, -0.15) is 0 Å². The smallest absolute Gasteiger partial charge is 0.0603 e. The fourth-order valence-corrected chi connectivity index (χ4v) is 3.80. The molecule has 1 aliphatic heterocycles. The highest BCUT2D eigenvalue weighted by Gasteiger charge is 2.37. The molecule has 0 aromatic heterocycles. The first-order valence-corrected chi connectivity index (χ1v) is 9.87. The van der Waals surface area contributed by atoms with Crippen LogP contribution in [-0.4, -0.2) is 19.3 Å². The van der Waals surface area contributed by atoms with E-state index in [-0.39, 0.29) is 0 Å². The van der Waals surface area contributed by atoms with Crippen LogP contribution in [0.25, 0.3) is 0 Å². The van der Waals surface area contributed by atoms with Gasteiger partial charge in [-0.1, -0.05) is 64.4 Å². The predicted molar refractivity (Wildman–Crippen MR) is 103 cm³/mol. The lowest BCUT2D eigenvalue weighted by Gasteiger charge is -2.43. The maximum absolute atomic E-state index is 6.06. The number of hydrogen-bond donors (Lipinski definition) is 1. The molecule has 0 saturated carbocycles. The zero-order chi connectivity index (χ0) is 17.4. The van der Waals surface area contributed by atoms with Crippen LogP contribution in [0.3, 0.4) is 0 Å². The summed E-state index contributed by atoms with van der Waals surface area (Å²) >= 11 is 0. The maximum atomic E-state index is 6.06. The highest BCUT2D eigenvalue weighted by Crippen LogP contribution is 2.43. The van der Waals surface area contributed by atoms with Gasteiger partial charge in [0.15, 0.2) is 0 Å². The lowest BCUT2D eigenvalue weighted by Crippen LogP contribution is -2.39. The van der Waals surface area contributed by atoms with Gasteiger partial charge in [0, 0.05) is 13.2 Å². The molecule has 136 valence electrons. The van der Waals surface area contributed by atoms with Crippen molar-refractivity contribution in [1.82, 2.24) is 5.32 Å². The second-order valence-electron chi connectivity index (χ2n) is 8.45. The molecule has 24 heavy (non-hydrogen) atoms. The van der Waals surface area contributed by atoms with Crippen molar-refractivity contribution in [3.05, 3.63) is 35.9 Å². The van der Waals surface area contributed by atoms with Crippen LogP contribution < -0.4 is 5.32 Å². The minimum atomic E-state index is 0.444. The van der Waals surface area contributed by atoms with Gasteiger partial charge in [-0.25, -0.2) is 0 Å². The molecular formula is C22H37NO. The van der Waals surface area contributed by atoms with Crippen LogP contribution >= 0.6 is 0 Å².